The van der Waals surface area contributed by atoms with Crippen LogP contribution < -0.4 is 20.9 Å². The Labute approximate surface area is 181 Å². The van der Waals surface area contributed by atoms with E-state index < -0.39 is 0 Å². The lowest BCUT2D eigenvalue weighted by Crippen LogP contribution is -2.39. The van der Waals surface area contributed by atoms with Crippen molar-refractivity contribution in [2.24, 2.45) is 10.9 Å². The summed E-state index contributed by atoms with van der Waals surface area (Å²) in [7, 11) is 0. The molecule has 0 spiro atoms. The molecule has 1 unspecified atom stereocenters. The molecule has 1 aromatic carbocycles. The normalized spacial score (nSPS) is 18.5. The summed E-state index contributed by atoms with van der Waals surface area (Å²) >= 11 is 0. The van der Waals surface area contributed by atoms with Crippen molar-refractivity contribution in [1.82, 2.24) is 16.0 Å². The van der Waals surface area contributed by atoms with Crippen molar-refractivity contribution in [3.63, 3.8) is 0 Å². The number of nitrogens with one attached hydrogen (secondary N) is 3. The maximum Gasteiger partial charge on any atom is 0.220 e. The molecule has 166 valence electrons. The third kappa shape index (κ3) is 6.92. The second kappa shape index (κ2) is 11.8. The molecule has 1 saturated carbocycles. The van der Waals surface area contributed by atoms with Crippen molar-refractivity contribution < 1.29 is 4.79 Å². The zero-order chi connectivity index (χ0) is 21.2. The fraction of sp³-hybridized carbons (Fsp3) is 0.667. The first kappa shape index (κ1) is 22.4. The molecule has 30 heavy (non-hydrogen) atoms. The van der Waals surface area contributed by atoms with Crippen LogP contribution in [0.25, 0.3) is 0 Å². The summed E-state index contributed by atoms with van der Waals surface area (Å²) in [6.45, 7) is 8.51. The van der Waals surface area contributed by atoms with E-state index in [2.05, 4.69) is 64.0 Å². The first-order valence-electron chi connectivity index (χ1n) is 11.8. The van der Waals surface area contributed by atoms with E-state index in [1.54, 1.807) is 0 Å². The second-order valence-corrected chi connectivity index (χ2v) is 8.62. The second-order valence-electron chi connectivity index (χ2n) is 8.62. The molecule has 6 nitrogen and oxygen atoms in total. The number of anilines is 1. The molecule has 2 aliphatic rings. The minimum absolute atomic E-state index is 0.155. The molecule has 0 bridgehead atoms. The van der Waals surface area contributed by atoms with E-state index in [0.717, 1.165) is 25.6 Å². The van der Waals surface area contributed by atoms with Gasteiger partial charge in [-0.25, -0.2) is 0 Å². The fourth-order valence-electron chi connectivity index (χ4n) is 4.49. The average molecular weight is 414 g/mol. The molecule has 1 aromatic rings. The van der Waals surface area contributed by atoms with E-state index in [-0.39, 0.29) is 11.9 Å². The highest BCUT2D eigenvalue weighted by Gasteiger charge is 2.18. The van der Waals surface area contributed by atoms with Crippen LogP contribution >= 0.6 is 0 Å². The lowest BCUT2D eigenvalue weighted by molar-refractivity contribution is -0.121. The number of hydrogen-bond acceptors (Lipinski definition) is 3. The number of carbonyl (C=O) groups excluding carboxylic acids is 1. The van der Waals surface area contributed by atoms with Crippen molar-refractivity contribution in [1.29, 1.82) is 0 Å². The van der Waals surface area contributed by atoms with Crippen LogP contribution in [0.5, 0.6) is 0 Å². The van der Waals surface area contributed by atoms with Crippen molar-refractivity contribution in [3.8, 4) is 0 Å². The number of carbonyl (C=O) groups is 1. The Morgan fingerprint density at radius 2 is 1.93 bits per heavy atom. The molecule has 1 heterocycles. The highest BCUT2D eigenvalue weighted by Crippen LogP contribution is 2.27. The summed E-state index contributed by atoms with van der Waals surface area (Å²) < 4.78 is 0. The first-order valence-corrected chi connectivity index (χ1v) is 11.8. The fourth-order valence-corrected chi connectivity index (χ4v) is 4.49. The summed E-state index contributed by atoms with van der Waals surface area (Å²) in [5, 5.41) is 9.85. The number of aliphatic imine (C=N–C) groups is 1. The average Bonchev–Trinajstić information content (AvgIpc) is 3.45. The molecule has 3 N–H and O–H groups in total. The molecule has 2 fully saturated rings. The van der Waals surface area contributed by atoms with Crippen LogP contribution in [0.1, 0.15) is 70.4 Å². The Hall–Kier alpha value is -2.24. The Kier molecular flexibility index (Phi) is 8.84. The summed E-state index contributed by atoms with van der Waals surface area (Å²) in [5.74, 6) is 1.55. The van der Waals surface area contributed by atoms with Crippen LogP contribution in [0.3, 0.4) is 0 Å². The van der Waals surface area contributed by atoms with Crippen LogP contribution in [-0.4, -0.2) is 44.6 Å². The topological polar surface area (TPSA) is 68.8 Å². The molecular weight excluding hydrogens is 374 g/mol. The van der Waals surface area contributed by atoms with E-state index in [1.807, 2.05) is 0 Å². The quantitative estimate of drug-likeness (QED) is 0.329. The molecule has 3 rings (SSSR count). The third-order valence-electron chi connectivity index (χ3n) is 6.19. The van der Waals surface area contributed by atoms with Gasteiger partial charge in [0, 0.05) is 38.3 Å². The zero-order valence-electron chi connectivity index (χ0n) is 18.8. The van der Waals surface area contributed by atoms with Crippen molar-refractivity contribution in [3.05, 3.63) is 29.8 Å². The lowest BCUT2D eigenvalue weighted by Gasteiger charge is -2.22. The van der Waals surface area contributed by atoms with Crippen molar-refractivity contribution in [2.75, 3.05) is 37.6 Å². The largest absolute Gasteiger partial charge is 0.372 e. The minimum atomic E-state index is 0.155. The molecule has 0 aromatic heterocycles. The van der Waals surface area contributed by atoms with Gasteiger partial charge in [-0.15, -0.1) is 0 Å². The number of nitrogens with zero attached hydrogens (tertiary/aromatic N) is 2. The summed E-state index contributed by atoms with van der Waals surface area (Å²) in [5.41, 5.74) is 2.57. The smallest absolute Gasteiger partial charge is 0.220 e. The van der Waals surface area contributed by atoms with Gasteiger partial charge in [0.1, 0.15) is 0 Å². The Morgan fingerprint density at radius 1 is 1.17 bits per heavy atom. The molecule has 6 heteroatoms. The van der Waals surface area contributed by atoms with E-state index in [1.165, 1.54) is 49.8 Å². The minimum Gasteiger partial charge on any atom is -0.372 e. The van der Waals surface area contributed by atoms with E-state index >= 15 is 0 Å². The molecule has 1 saturated heterocycles. The van der Waals surface area contributed by atoms with Gasteiger partial charge < -0.3 is 20.9 Å². The molecule has 1 atom stereocenters. The molecule has 1 amide bonds. The number of hydrogen-bond donors (Lipinski definition) is 3. The highest BCUT2D eigenvalue weighted by molar-refractivity contribution is 5.80. The SMILES string of the molecule is CCNC(=NCCNC(=O)CC1CCCC1)NC(C)c1cccc(N2CCCC2)c1. The van der Waals surface area contributed by atoms with Gasteiger partial charge >= 0.3 is 0 Å². The predicted molar refractivity (Wildman–Crippen MR) is 125 cm³/mol. The number of rotatable bonds is 9. The van der Waals surface area contributed by atoms with Crippen LogP contribution in [0.4, 0.5) is 5.69 Å². The number of amides is 1. The molecular formula is C24H39N5O. The van der Waals surface area contributed by atoms with Crippen molar-refractivity contribution in [2.45, 2.75) is 64.8 Å². The highest BCUT2D eigenvalue weighted by atomic mass is 16.1. The zero-order valence-corrected chi connectivity index (χ0v) is 18.8. The Morgan fingerprint density at radius 3 is 2.67 bits per heavy atom. The van der Waals surface area contributed by atoms with Crippen LogP contribution in [0.2, 0.25) is 0 Å². The molecule has 1 aliphatic carbocycles. The van der Waals surface area contributed by atoms with Gasteiger partial charge in [-0.3, -0.25) is 9.79 Å². The summed E-state index contributed by atoms with van der Waals surface area (Å²) in [4.78, 5) is 19.2. The Bertz CT molecular complexity index is 693. The van der Waals surface area contributed by atoms with Crippen LogP contribution in [0.15, 0.2) is 29.3 Å². The van der Waals surface area contributed by atoms with Gasteiger partial charge in [0.05, 0.1) is 12.6 Å². The van der Waals surface area contributed by atoms with E-state index in [4.69, 9.17) is 0 Å². The van der Waals surface area contributed by atoms with Gasteiger partial charge in [0.25, 0.3) is 0 Å². The predicted octanol–water partition coefficient (Wildman–Crippen LogP) is 3.60. The lowest BCUT2D eigenvalue weighted by atomic mass is 10.0. The Balaban J connectivity index is 1.47. The van der Waals surface area contributed by atoms with Gasteiger partial charge in [0.2, 0.25) is 5.91 Å². The van der Waals surface area contributed by atoms with Gasteiger partial charge in [-0.2, -0.15) is 0 Å². The van der Waals surface area contributed by atoms with Crippen molar-refractivity contribution >= 4 is 17.6 Å². The van der Waals surface area contributed by atoms with Crippen LogP contribution in [0, 0.1) is 5.92 Å². The first-order chi connectivity index (χ1) is 14.7. The summed E-state index contributed by atoms with van der Waals surface area (Å²) in [6, 6.07) is 8.96. The number of guanidine groups is 1. The molecule has 0 radical (unpaired) electrons. The van der Waals surface area contributed by atoms with Gasteiger partial charge in [-0.05, 0) is 63.1 Å². The monoisotopic (exact) mass is 413 g/mol. The van der Waals surface area contributed by atoms with E-state index in [0.29, 0.717) is 25.4 Å². The van der Waals surface area contributed by atoms with Crippen LogP contribution in [-0.2, 0) is 4.79 Å². The van der Waals surface area contributed by atoms with Gasteiger partial charge in [0.15, 0.2) is 5.96 Å². The van der Waals surface area contributed by atoms with E-state index in [9.17, 15) is 4.79 Å². The van der Waals surface area contributed by atoms with Gasteiger partial charge in [-0.1, -0.05) is 25.0 Å². The maximum atomic E-state index is 12.1. The summed E-state index contributed by atoms with van der Waals surface area (Å²) in [6.07, 6.45) is 8.21. The molecule has 1 aliphatic heterocycles. The third-order valence-corrected chi connectivity index (χ3v) is 6.19. The number of benzene rings is 1. The maximum absolute atomic E-state index is 12.1. The standard InChI is InChI=1S/C24H39N5O/c1-3-25-24(27-14-13-26-23(30)17-20-9-4-5-10-20)28-19(2)21-11-8-12-22(18-21)29-15-6-7-16-29/h8,11-12,18-20H,3-7,9-10,13-17H2,1-2H3,(H,26,30)(H2,25,27,28).